The molecule has 2 amide bonds. The lowest BCUT2D eigenvalue weighted by Gasteiger charge is -2.23. The highest BCUT2D eigenvalue weighted by molar-refractivity contribution is 7.89. The summed E-state index contributed by atoms with van der Waals surface area (Å²) < 4.78 is 27.9. The minimum atomic E-state index is -3.76. The highest BCUT2D eigenvalue weighted by atomic mass is 32.2. The van der Waals surface area contributed by atoms with Gasteiger partial charge in [0.1, 0.15) is 6.04 Å². The number of hydrogen-bond donors (Lipinski definition) is 3. The normalized spacial score (nSPS) is 13.1. The van der Waals surface area contributed by atoms with Crippen molar-refractivity contribution in [3.05, 3.63) is 65.7 Å². The first-order chi connectivity index (χ1) is 15.5. The van der Waals surface area contributed by atoms with Crippen LogP contribution in [0.3, 0.4) is 0 Å². The van der Waals surface area contributed by atoms with E-state index in [0.29, 0.717) is 12.0 Å². The summed E-state index contributed by atoms with van der Waals surface area (Å²) in [6.45, 7) is 5.24. The van der Waals surface area contributed by atoms with Gasteiger partial charge in [0, 0.05) is 12.1 Å². The number of benzene rings is 2. The Hall–Kier alpha value is -3.24. The number of esters is 1. The predicted octanol–water partition coefficient (Wildman–Crippen LogP) is 1.38. The van der Waals surface area contributed by atoms with E-state index in [4.69, 9.17) is 9.88 Å². The summed E-state index contributed by atoms with van der Waals surface area (Å²) in [6.07, 6.45) is -0.615. The van der Waals surface area contributed by atoms with Gasteiger partial charge in [0.05, 0.1) is 4.90 Å². The number of ether oxygens (including phenoxy) is 1. The lowest BCUT2D eigenvalue weighted by molar-refractivity contribution is -0.157. The summed E-state index contributed by atoms with van der Waals surface area (Å²) >= 11 is 0. The van der Waals surface area contributed by atoms with Crippen LogP contribution in [0.25, 0.3) is 0 Å². The molecule has 0 radical (unpaired) electrons. The van der Waals surface area contributed by atoms with Gasteiger partial charge in [-0.05, 0) is 49.1 Å². The van der Waals surface area contributed by atoms with Crippen LogP contribution in [0.15, 0.2) is 59.5 Å². The molecule has 0 aliphatic heterocycles. The molecule has 1 unspecified atom stereocenters. The van der Waals surface area contributed by atoms with Gasteiger partial charge in [-0.25, -0.2) is 18.4 Å². The smallest absolute Gasteiger partial charge is 0.329 e. The van der Waals surface area contributed by atoms with E-state index < -0.39 is 40.0 Å². The van der Waals surface area contributed by atoms with Crippen molar-refractivity contribution >= 4 is 27.8 Å². The highest BCUT2D eigenvalue weighted by Gasteiger charge is 2.29. The van der Waals surface area contributed by atoms with Crippen molar-refractivity contribution in [3.63, 3.8) is 0 Å². The van der Waals surface area contributed by atoms with Crippen molar-refractivity contribution in [3.8, 4) is 0 Å². The number of sulfonamides is 1. The molecule has 2 rings (SSSR count). The molecule has 2 aromatic carbocycles. The monoisotopic (exact) mass is 475 g/mol. The molecule has 0 saturated carbocycles. The minimum Gasteiger partial charge on any atom is -0.451 e. The first-order valence-corrected chi connectivity index (χ1v) is 12.0. The molecule has 0 aliphatic rings. The molecule has 9 nitrogen and oxygen atoms in total. The van der Waals surface area contributed by atoms with E-state index in [0.717, 1.165) is 5.56 Å². The van der Waals surface area contributed by atoms with Gasteiger partial charge in [0.15, 0.2) is 6.10 Å². The Morgan fingerprint density at radius 2 is 1.58 bits per heavy atom. The Labute approximate surface area is 193 Å². The van der Waals surface area contributed by atoms with Crippen LogP contribution in [-0.4, -0.2) is 44.9 Å². The van der Waals surface area contributed by atoms with Crippen molar-refractivity contribution in [1.29, 1.82) is 0 Å². The zero-order chi connectivity index (χ0) is 24.6. The molecule has 0 bridgehead atoms. The van der Waals surface area contributed by atoms with Gasteiger partial charge in [0.25, 0.3) is 11.8 Å². The molecule has 33 heavy (non-hydrogen) atoms. The third-order valence-electron chi connectivity index (χ3n) is 4.87. The van der Waals surface area contributed by atoms with Crippen LogP contribution >= 0.6 is 0 Å². The van der Waals surface area contributed by atoms with Gasteiger partial charge in [-0.15, -0.1) is 0 Å². The van der Waals surface area contributed by atoms with Crippen molar-refractivity contribution in [2.45, 2.75) is 44.2 Å². The number of amides is 2. The summed E-state index contributed by atoms with van der Waals surface area (Å²) in [7, 11) is -3.76. The third-order valence-corrected chi connectivity index (χ3v) is 5.80. The lowest BCUT2D eigenvalue weighted by Crippen LogP contribution is -2.47. The van der Waals surface area contributed by atoms with Gasteiger partial charge < -0.3 is 15.4 Å². The number of hydrogen-bond acceptors (Lipinski definition) is 6. The van der Waals surface area contributed by atoms with Gasteiger partial charge in [-0.1, -0.05) is 44.2 Å². The summed E-state index contributed by atoms with van der Waals surface area (Å²) in [5.41, 5.74) is 1.22. The largest absolute Gasteiger partial charge is 0.451 e. The van der Waals surface area contributed by atoms with E-state index in [1.807, 2.05) is 0 Å². The lowest BCUT2D eigenvalue weighted by atomic mass is 10.0. The first kappa shape index (κ1) is 26.0. The van der Waals surface area contributed by atoms with E-state index in [9.17, 15) is 22.8 Å². The van der Waals surface area contributed by atoms with Crippen LogP contribution in [-0.2, 0) is 30.8 Å². The molecule has 0 saturated heterocycles. The van der Waals surface area contributed by atoms with Crippen LogP contribution in [0.2, 0.25) is 0 Å². The number of carbonyl (C=O) groups excluding carboxylic acids is 3. The molecular weight excluding hydrogens is 446 g/mol. The van der Waals surface area contributed by atoms with E-state index in [-0.39, 0.29) is 17.4 Å². The maximum absolute atomic E-state index is 12.6. The predicted molar refractivity (Wildman–Crippen MR) is 123 cm³/mol. The van der Waals surface area contributed by atoms with E-state index >= 15 is 0 Å². The van der Waals surface area contributed by atoms with E-state index in [1.165, 1.54) is 19.1 Å². The molecule has 0 spiro atoms. The second kappa shape index (κ2) is 11.6. The fourth-order valence-electron chi connectivity index (χ4n) is 2.93. The maximum atomic E-state index is 12.6. The average molecular weight is 476 g/mol. The van der Waals surface area contributed by atoms with Crippen LogP contribution < -0.4 is 15.8 Å². The highest BCUT2D eigenvalue weighted by Crippen LogP contribution is 2.10. The summed E-state index contributed by atoms with van der Waals surface area (Å²) in [5.74, 6) is -1.84. The van der Waals surface area contributed by atoms with Crippen molar-refractivity contribution in [1.82, 2.24) is 10.6 Å². The second-order valence-electron chi connectivity index (χ2n) is 7.87. The second-order valence-corrected chi connectivity index (χ2v) is 9.43. The zero-order valence-corrected chi connectivity index (χ0v) is 19.6. The summed E-state index contributed by atoms with van der Waals surface area (Å²) in [4.78, 5) is 37.3. The van der Waals surface area contributed by atoms with Gasteiger partial charge >= 0.3 is 5.97 Å². The topological polar surface area (TPSA) is 145 Å². The van der Waals surface area contributed by atoms with E-state index in [1.54, 1.807) is 56.3 Å². The molecule has 178 valence electrons. The standard InChI is InChI=1S/C23H29N3O6S/c1-15(2)20(26-22(28)18-7-5-4-6-8-18)23(29)32-16(3)21(27)25-14-13-17-9-11-19(12-10-17)33(24,30)31/h4-12,15-16,20H,13-14H2,1-3H3,(H,25,27)(H,26,28)(H2,24,30,31)/t16?,20-/m0/s1. The number of nitrogens with two attached hydrogens (primary N) is 1. The molecule has 0 heterocycles. The minimum absolute atomic E-state index is 0.00915. The SMILES string of the molecule is CC(OC(=O)[C@@H](NC(=O)c1ccccc1)C(C)C)C(=O)NCCc1ccc(S(N)(=O)=O)cc1. The zero-order valence-electron chi connectivity index (χ0n) is 18.8. The van der Waals surface area contributed by atoms with Crippen LogP contribution in [0.1, 0.15) is 36.7 Å². The Morgan fingerprint density at radius 1 is 0.970 bits per heavy atom. The van der Waals surface area contributed by atoms with Crippen molar-refractivity contribution < 1.29 is 27.5 Å². The van der Waals surface area contributed by atoms with Crippen LogP contribution in [0.4, 0.5) is 0 Å². The molecule has 2 atom stereocenters. The Morgan fingerprint density at radius 3 is 2.12 bits per heavy atom. The van der Waals surface area contributed by atoms with Gasteiger partial charge in [-0.3, -0.25) is 9.59 Å². The van der Waals surface area contributed by atoms with Crippen LogP contribution in [0.5, 0.6) is 0 Å². The van der Waals surface area contributed by atoms with Gasteiger partial charge in [0.2, 0.25) is 10.0 Å². The van der Waals surface area contributed by atoms with Crippen molar-refractivity contribution in [2.24, 2.45) is 11.1 Å². The molecular formula is C23H29N3O6S. The number of rotatable bonds is 10. The number of nitrogens with one attached hydrogen (secondary N) is 2. The maximum Gasteiger partial charge on any atom is 0.329 e. The molecule has 4 N–H and O–H groups in total. The van der Waals surface area contributed by atoms with Crippen molar-refractivity contribution in [2.75, 3.05) is 6.54 Å². The fraction of sp³-hybridized carbons (Fsp3) is 0.348. The number of carbonyl (C=O) groups is 3. The molecule has 0 fully saturated rings. The molecule has 2 aromatic rings. The summed E-state index contributed by atoms with van der Waals surface area (Å²) in [6, 6.07) is 13.6. The van der Waals surface area contributed by atoms with Crippen LogP contribution in [0, 0.1) is 5.92 Å². The Bertz CT molecular complexity index is 1070. The van der Waals surface area contributed by atoms with Gasteiger partial charge in [-0.2, -0.15) is 0 Å². The molecule has 0 aromatic heterocycles. The Balaban J connectivity index is 1.86. The molecule has 0 aliphatic carbocycles. The molecule has 10 heteroatoms. The Kier molecular flexibility index (Phi) is 9.12. The number of primary sulfonamides is 1. The quantitative estimate of drug-likeness (QED) is 0.443. The third kappa shape index (κ3) is 7.99. The van der Waals surface area contributed by atoms with E-state index in [2.05, 4.69) is 10.6 Å². The fourth-order valence-corrected chi connectivity index (χ4v) is 3.45. The summed E-state index contributed by atoms with van der Waals surface area (Å²) in [5, 5.41) is 10.4. The first-order valence-electron chi connectivity index (χ1n) is 10.4. The average Bonchev–Trinajstić information content (AvgIpc) is 2.77.